The number of benzene rings is 1. The van der Waals surface area contributed by atoms with Gasteiger partial charge in [0.2, 0.25) is 0 Å². The Morgan fingerprint density at radius 3 is 2.94 bits per heavy atom. The van der Waals surface area contributed by atoms with Gasteiger partial charge in [0.1, 0.15) is 5.78 Å². The zero-order chi connectivity index (χ0) is 12.3. The van der Waals surface area contributed by atoms with Crippen LogP contribution in [0, 0.1) is 17.2 Å². The Bertz CT molecular complexity index is 474. The summed E-state index contributed by atoms with van der Waals surface area (Å²) in [5.41, 5.74) is 2.75. The van der Waals surface area contributed by atoms with Crippen molar-refractivity contribution < 1.29 is 9.90 Å². The number of ketones is 1. The van der Waals surface area contributed by atoms with Crippen LogP contribution in [0.2, 0.25) is 0 Å². The minimum Gasteiger partial charge on any atom is -0.396 e. The van der Waals surface area contributed by atoms with Gasteiger partial charge >= 0.3 is 0 Å². The fraction of sp³-hybridized carbons (Fsp3) is 0.429. The number of hydrogen-bond acceptors (Lipinski definition) is 3. The molecular weight excluding hydrogens is 214 g/mol. The van der Waals surface area contributed by atoms with Gasteiger partial charge in [0.05, 0.1) is 11.6 Å². The summed E-state index contributed by atoms with van der Waals surface area (Å²) in [6, 6.07) is 7.66. The van der Waals surface area contributed by atoms with E-state index in [2.05, 4.69) is 6.07 Å². The molecule has 1 unspecified atom stereocenters. The summed E-state index contributed by atoms with van der Waals surface area (Å²) in [6.45, 7) is 0.0657. The number of carbonyl (C=O) groups is 1. The molecule has 1 atom stereocenters. The molecule has 0 amide bonds. The number of aliphatic hydroxyl groups excluding tert-OH is 1. The van der Waals surface area contributed by atoms with Crippen LogP contribution in [0.1, 0.15) is 29.5 Å². The lowest BCUT2D eigenvalue weighted by atomic mass is 9.95. The largest absolute Gasteiger partial charge is 0.396 e. The Kier molecular flexibility index (Phi) is 3.55. The molecule has 0 fully saturated rings. The lowest BCUT2D eigenvalue weighted by molar-refractivity contribution is -0.122. The number of fused-ring (bicyclic) bond motifs is 1. The lowest BCUT2D eigenvalue weighted by Gasteiger charge is -2.09. The van der Waals surface area contributed by atoms with Crippen LogP contribution in [-0.2, 0) is 17.6 Å². The highest BCUT2D eigenvalue weighted by Crippen LogP contribution is 2.24. The van der Waals surface area contributed by atoms with E-state index in [1.165, 1.54) is 0 Å². The van der Waals surface area contributed by atoms with Gasteiger partial charge in [0, 0.05) is 18.9 Å². The fourth-order valence-corrected chi connectivity index (χ4v) is 2.39. The predicted molar refractivity (Wildman–Crippen MR) is 63.4 cm³/mol. The van der Waals surface area contributed by atoms with Crippen molar-refractivity contribution in [2.24, 2.45) is 5.92 Å². The first kappa shape index (κ1) is 11.8. The molecule has 0 aromatic heterocycles. The third kappa shape index (κ3) is 2.54. The molecule has 88 valence electrons. The van der Waals surface area contributed by atoms with E-state index in [0.717, 1.165) is 24.0 Å². The van der Waals surface area contributed by atoms with E-state index in [9.17, 15) is 4.79 Å². The Labute approximate surface area is 101 Å². The van der Waals surface area contributed by atoms with Gasteiger partial charge in [-0.05, 0) is 42.5 Å². The van der Waals surface area contributed by atoms with E-state index in [-0.39, 0.29) is 18.3 Å². The van der Waals surface area contributed by atoms with Gasteiger partial charge < -0.3 is 5.11 Å². The van der Waals surface area contributed by atoms with Crippen molar-refractivity contribution in [2.45, 2.75) is 25.7 Å². The summed E-state index contributed by atoms with van der Waals surface area (Å²) >= 11 is 0. The van der Waals surface area contributed by atoms with E-state index in [1.54, 1.807) is 6.07 Å². The maximum Gasteiger partial charge on any atom is 0.140 e. The van der Waals surface area contributed by atoms with Crippen molar-refractivity contribution in [2.75, 3.05) is 6.61 Å². The van der Waals surface area contributed by atoms with Crippen LogP contribution >= 0.6 is 0 Å². The maximum absolute atomic E-state index is 12.0. The van der Waals surface area contributed by atoms with Crippen molar-refractivity contribution in [3.63, 3.8) is 0 Å². The summed E-state index contributed by atoms with van der Waals surface area (Å²) in [4.78, 5) is 12.0. The number of Topliss-reactive ketones (excluding diaryl/α,β-unsaturated/α-hetero) is 1. The van der Waals surface area contributed by atoms with Crippen LogP contribution in [0.15, 0.2) is 18.2 Å². The van der Waals surface area contributed by atoms with Crippen LogP contribution in [0.5, 0.6) is 0 Å². The molecule has 0 aliphatic heterocycles. The van der Waals surface area contributed by atoms with Gasteiger partial charge in [-0.3, -0.25) is 4.79 Å². The highest BCUT2D eigenvalue weighted by atomic mass is 16.3. The molecule has 2 rings (SSSR count). The quantitative estimate of drug-likeness (QED) is 0.784. The van der Waals surface area contributed by atoms with Crippen molar-refractivity contribution in [1.29, 1.82) is 5.26 Å². The average molecular weight is 229 g/mol. The number of aryl methyl sites for hydroxylation is 1. The summed E-state index contributed by atoms with van der Waals surface area (Å²) in [7, 11) is 0. The second-order valence-electron chi connectivity index (χ2n) is 4.49. The Morgan fingerprint density at radius 2 is 2.24 bits per heavy atom. The molecule has 0 spiro atoms. The van der Waals surface area contributed by atoms with E-state index in [4.69, 9.17) is 10.4 Å². The predicted octanol–water partition coefficient (Wildman–Crippen LogP) is 1.61. The molecule has 3 heteroatoms. The molecule has 17 heavy (non-hydrogen) atoms. The van der Waals surface area contributed by atoms with Gasteiger partial charge in [-0.15, -0.1) is 0 Å². The van der Waals surface area contributed by atoms with Gasteiger partial charge in [-0.25, -0.2) is 0 Å². The molecule has 3 nitrogen and oxygen atoms in total. The number of nitrogens with zero attached hydrogens (tertiary/aromatic N) is 1. The molecule has 1 aliphatic rings. The number of rotatable bonds is 2. The van der Waals surface area contributed by atoms with Crippen LogP contribution in [0.3, 0.4) is 0 Å². The van der Waals surface area contributed by atoms with Crippen molar-refractivity contribution in [3.05, 3.63) is 34.9 Å². The van der Waals surface area contributed by atoms with E-state index in [0.29, 0.717) is 18.4 Å². The molecule has 0 heterocycles. The molecule has 1 aliphatic carbocycles. The highest BCUT2D eigenvalue weighted by molar-refractivity contribution is 5.84. The maximum atomic E-state index is 12.0. The van der Waals surface area contributed by atoms with Crippen LogP contribution in [0.4, 0.5) is 0 Å². The normalized spacial score (nSPS) is 19.3. The first-order valence-corrected chi connectivity index (χ1v) is 5.90. The number of hydrogen-bond donors (Lipinski definition) is 1. The van der Waals surface area contributed by atoms with E-state index in [1.807, 2.05) is 12.1 Å². The summed E-state index contributed by atoms with van der Waals surface area (Å²) < 4.78 is 0. The smallest absolute Gasteiger partial charge is 0.140 e. The standard InChI is InChI=1S/C14H15NO2/c15-9-10-1-2-11-3-4-12(5-6-16)14(17)8-13(11)7-10/h1-2,7,12,16H,3-6,8H2. The average Bonchev–Trinajstić information content (AvgIpc) is 2.49. The topological polar surface area (TPSA) is 61.1 Å². The second-order valence-corrected chi connectivity index (χ2v) is 4.49. The van der Waals surface area contributed by atoms with E-state index < -0.39 is 0 Å². The molecule has 1 N–H and O–H groups in total. The Morgan fingerprint density at radius 1 is 1.41 bits per heavy atom. The molecule has 0 saturated carbocycles. The van der Waals surface area contributed by atoms with Crippen LogP contribution in [0.25, 0.3) is 0 Å². The first-order chi connectivity index (χ1) is 8.24. The van der Waals surface area contributed by atoms with Crippen molar-refractivity contribution in [3.8, 4) is 6.07 Å². The summed E-state index contributed by atoms with van der Waals surface area (Å²) in [5.74, 6) is 0.158. The van der Waals surface area contributed by atoms with E-state index >= 15 is 0 Å². The molecule has 1 aromatic rings. The number of nitriles is 1. The SMILES string of the molecule is N#Cc1ccc2c(c1)CC(=O)C(CCO)CC2. The highest BCUT2D eigenvalue weighted by Gasteiger charge is 2.23. The minimum absolute atomic E-state index is 0.0297. The zero-order valence-electron chi connectivity index (χ0n) is 9.65. The van der Waals surface area contributed by atoms with Gasteiger partial charge in [-0.2, -0.15) is 5.26 Å². The lowest BCUT2D eigenvalue weighted by Crippen LogP contribution is -2.16. The van der Waals surface area contributed by atoms with Gasteiger partial charge in [0.25, 0.3) is 0 Å². The summed E-state index contributed by atoms with van der Waals surface area (Å²) in [5, 5.41) is 17.8. The number of carbonyl (C=O) groups excluding carboxylic acids is 1. The molecule has 0 bridgehead atoms. The molecule has 0 saturated heterocycles. The molecule has 0 radical (unpaired) electrons. The van der Waals surface area contributed by atoms with Crippen LogP contribution in [-0.4, -0.2) is 17.5 Å². The zero-order valence-corrected chi connectivity index (χ0v) is 9.65. The Balaban J connectivity index is 2.26. The minimum atomic E-state index is -0.0297. The second kappa shape index (κ2) is 5.11. The monoisotopic (exact) mass is 229 g/mol. The fourth-order valence-electron chi connectivity index (χ4n) is 2.39. The third-order valence-corrected chi connectivity index (χ3v) is 3.40. The first-order valence-electron chi connectivity index (χ1n) is 5.90. The van der Waals surface area contributed by atoms with Gasteiger partial charge in [-0.1, -0.05) is 6.07 Å². The summed E-state index contributed by atoms with van der Waals surface area (Å²) in [6.07, 6.45) is 2.61. The number of aliphatic hydroxyl groups is 1. The molecule has 1 aromatic carbocycles. The molecular formula is C14H15NO2. The van der Waals surface area contributed by atoms with Crippen molar-refractivity contribution in [1.82, 2.24) is 0 Å². The van der Waals surface area contributed by atoms with Crippen molar-refractivity contribution >= 4 is 5.78 Å². The third-order valence-electron chi connectivity index (χ3n) is 3.40. The van der Waals surface area contributed by atoms with Gasteiger partial charge in [0.15, 0.2) is 0 Å². The Hall–Kier alpha value is -1.66. The van der Waals surface area contributed by atoms with Crippen LogP contribution < -0.4 is 0 Å².